The Balaban J connectivity index is 1.67. The zero-order valence-electron chi connectivity index (χ0n) is 21.9. The lowest BCUT2D eigenvalue weighted by molar-refractivity contribution is 0.0935. The maximum absolute atomic E-state index is 13.6. The Morgan fingerprint density at radius 2 is 1.76 bits per heavy atom. The summed E-state index contributed by atoms with van der Waals surface area (Å²) in [7, 11) is -2.34. The molecular formula is C28H31N5O4S. The van der Waals surface area contributed by atoms with Crippen molar-refractivity contribution < 1.29 is 17.9 Å². The van der Waals surface area contributed by atoms with Crippen LogP contribution < -0.4 is 10.1 Å². The molecule has 0 radical (unpaired) electrons. The van der Waals surface area contributed by atoms with E-state index in [0.717, 1.165) is 29.8 Å². The van der Waals surface area contributed by atoms with E-state index >= 15 is 0 Å². The van der Waals surface area contributed by atoms with Crippen LogP contribution in [0.5, 0.6) is 5.75 Å². The molecule has 1 fully saturated rings. The van der Waals surface area contributed by atoms with Crippen LogP contribution in [0.3, 0.4) is 0 Å². The van der Waals surface area contributed by atoms with Crippen LogP contribution in [0.1, 0.15) is 53.2 Å². The highest BCUT2D eigenvalue weighted by Gasteiger charge is 2.32. The van der Waals surface area contributed by atoms with Gasteiger partial charge in [-0.05, 0) is 62.9 Å². The van der Waals surface area contributed by atoms with E-state index in [0.29, 0.717) is 29.9 Å². The van der Waals surface area contributed by atoms with Crippen LogP contribution in [0.2, 0.25) is 0 Å². The monoisotopic (exact) mass is 533 g/mol. The van der Waals surface area contributed by atoms with Gasteiger partial charge in [-0.3, -0.25) is 4.79 Å². The number of aryl methyl sites for hydroxylation is 2. The Bertz CT molecular complexity index is 1610. The molecule has 0 unspecified atom stereocenters. The van der Waals surface area contributed by atoms with Gasteiger partial charge in [-0.1, -0.05) is 36.4 Å². The third-order valence-electron chi connectivity index (χ3n) is 6.89. The topological polar surface area (TPSA) is 106 Å². The summed E-state index contributed by atoms with van der Waals surface area (Å²) < 4.78 is 35.7. The fraction of sp³-hybridized carbons (Fsp3) is 0.321. The molecule has 1 aliphatic rings. The molecule has 10 heteroatoms. The number of ether oxygens (including phenoxy) is 1. The molecule has 1 amide bonds. The number of rotatable bonds is 7. The average molecular weight is 534 g/mol. The molecule has 0 aliphatic carbocycles. The molecule has 38 heavy (non-hydrogen) atoms. The highest BCUT2D eigenvalue weighted by molar-refractivity contribution is 7.89. The zero-order chi connectivity index (χ0) is 27.0. The molecule has 0 spiro atoms. The smallest absolute Gasteiger partial charge is 0.273 e. The minimum Gasteiger partial charge on any atom is -0.495 e. The first-order valence-electron chi connectivity index (χ1n) is 12.6. The Kier molecular flexibility index (Phi) is 6.93. The molecule has 0 saturated carbocycles. The number of fused-ring (bicyclic) bond motifs is 1. The summed E-state index contributed by atoms with van der Waals surface area (Å²) in [5.74, 6) is -0.125. The van der Waals surface area contributed by atoms with Crippen molar-refractivity contribution >= 4 is 21.6 Å². The van der Waals surface area contributed by atoms with Crippen molar-refractivity contribution in [2.75, 3.05) is 20.2 Å². The molecule has 0 bridgehead atoms. The quantitative estimate of drug-likeness (QED) is 0.380. The molecule has 198 valence electrons. The summed E-state index contributed by atoms with van der Waals surface area (Å²) in [6, 6.07) is 16.2. The first-order valence-corrected chi connectivity index (χ1v) is 14.1. The molecule has 9 nitrogen and oxygen atoms in total. The van der Waals surface area contributed by atoms with Gasteiger partial charge >= 0.3 is 0 Å². The summed E-state index contributed by atoms with van der Waals surface area (Å²) in [5, 5.41) is 7.68. The number of hydrogen-bond acceptors (Lipinski definition) is 6. The average Bonchev–Trinajstić information content (AvgIpc) is 3.58. The van der Waals surface area contributed by atoms with Gasteiger partial charge in [0.2, 0.25) is 10.0 Å². The summed E-state index contributed by atoms with van der Waals surface area (Å²) >= 11 is 0. The number of nitrogens with one attached hydrogen (secondary N) is 1. The molecule has 2 aromatic carbocycles. The van der Waals surface area contributed by atoms with Crippen molar-refractivity contribution in [1.82, 2.24) is 24.2 Å². The second-order valence-corrected chi connectivity index (χ2v) is 11.5. The van der Waals surface area contributed by atoms with Gasteiger partial charge < -0.3 is 10.1 Å². The van der Waals surface area contributed by atoms with Crippen molar-refractivity contribution in [2.24, 2.45) is 0 Å². The summed E-state index contributed by atoms with van der Waals surface area (Å²) in [6.07, 6.45) is 1.64. The zero-order valence-corrected chi connectivity index (χ0v) is 22.7. The van der Waals surface area contributed by atoms with Crippen molar-refractivity contribution in [2.45, 2.75) is 44.6 Å². The van der Waals surface area contributed by atoms with E-state index in [1.165, 1.54) is 11.4 Å². The summed E-state index contributed by atoms with van der Waals surface area (Å²) in [4.78, 5) is 18.4. The molecular weight excluding hydrogens is 502 g/mol. The van der Waals surface area contributed by atoms with Crippen LogP contribution in [0.15, 0.2) is 59.5 Å². The van der Waals surface area contributed by atoms with E-state index in [1.807, 2.05) is 57.2 Å². The van der Waals surface area contributed by atoms with Crippen molar-refractivity contribution in [3.05, 3.63) is 77.2 Å². The maximum atomic E-state index is 13.6. The molecule has 5 rings (SSSR count). The van der Waals surface area contributed by atoms with Crippen molar-refractivity contribution in [3.8, 4) is 16.9 Å². The predicted molar refractivity (Wildman–Crippen MR) is 145 cm³/mol. The first kappa shape index (κ1) is 25.9. The van der Waals surface area contributed by atoms with Crippen LogP contribution in [-0.2, 0) is 10.0 Å². The fourth-order valence-electron chi connectivity index (χ4n) is 4.94. The van der Waals surface area contributed by atoms with E-state index < -0.39 is 10.0 Å². The van der Waals surface area contributed by atoms with Crippen molar-refractivity contribution in [3.63, 3.8) is 0 Å². The number of carbonyl (C=O) groups is 1. The first-order chi connectivity index (χ1) is 18.2. The standard InChI is InChI=1S/C28H31N5O4S/c1-18-16-19(2)33-27(29-18)25(26(31-33)28(34)30-20(3)21-10-6-5-7-11-21)22-12-13-23(37-4)24(17-22)38(35,36)32-14-8-9-15-32/h5-7,10-13,16-17,20H,8-9,14-15H2,1-4H3,(H,30,34)/t20-/m0/s1. The highest BCUT2D eigenvalue weighted by Crippen LogP contribution is 2.36. The third kappa shape index (κ3) is 4.65. The van der Waals surface area contributed by atoms with E-state index in [9.17, 15) is 13.2 Å². The van der Waals surface area contributed by atoms with Crippen LogP contribution in [0.4, 0.5) is 0 Å². The van der Waals surface area contributed by atoms with Crippen LogP contribution in [-0.4, -0.2) is 53.4 Å². The second-order valence-electron chi connectivity index (χ2n) is 9.58. The number of nitrogens with zero attached hydrogens (tertiary/aromatic N) is 4. The van der Waals surface area contributed by atoms with Gasteiger partial charge in [-0.2, -0.15) is 9.40 Å². The van der Waals surface area contributed by atoms with E-state index in [-0.39, 0.29) is 28.3 Å². The number of carbonyl (C=O) groups excluding carboxylic acids is 1. The highest BCUT2D eigenvalue weighted by atomic mass is 32.2. The third-order valence-corrected chi connectivity index (χ3v) is 8.81. The summed E-state index contributed by atoms with van der Waals surface area (Å²) in [5.41, 5.74) is 4.17. The van der Waals surface area contributed by atoms with E-state index in [2.05, 4.69) is 10.4 Å². The molecule has 1 atom stereocenters. The van der Waals surface area contributed by atoms with Gasteiger partial charge in [0.1, 0.15) is 10.6 Å². The summed E-state index contributed by atoms with van der Waals surface area (Å²) in [6.45, 7) is 6.61. The normalized spacial score (nSPS) is 15.1. The second kappa shape index (κ2) is 10.2. The number of aromatic nitrogens is 3. The Morgan fingerprint density at radius 1 is 1.05 bits per heavy atom. The Hall–Kier alpha value is -3.76. The Labute approximate surface area is 222 Å². The maximum Gasteiger partial charge on any atom is 0.273 e. The molecule has 1 N–H and O–H groups in total. The lowest BCUT2D eigenvalue weighted by atomic mass is 10.0. The lowest BCUT2D eigenvalue weighted by Gasteiger charge is -2.18. The Morgan fingerprint density at radius 3 is 2.45 bits per heavy atom. The van der Waals surface area contributed by atoms with Crippen molar-refractivity contribution in [1.29, 1.82) is 0 Å². The van der Waals surface area contributed by atoms with Gasteiger partial charge in [-0.15, -0.1) is 0 Å². The van der Waals surface area contributed by atoms with Crippen LogP contribution in [0.25, 0.3) is 16.8 Å². The van der Waals surface area contributed by atoms with Gasteiger partial charge in [0, 0.05) is 24.5 Å². The minimum absolute atomic E-state index is 0.0622. The molecule has 1 aliphatic heterocycles. The van der Waals surface area contributed by atoms with Gasteiger partial charge in [0.25, 0.3) is 5.91 Å². The number of amides is 1. The number of hydrogen-bond donors (Lipinski definition) is 1. The molecule has 3 heterocycles. The SMILES string of the molecule is COc1ccc(-c2c(C(=O)N[C@@H](C)c3ccccc3)nn3c(C)cc(C)nc23)cc1S(=O)(=O)N1CCCC1. The largest absolute Gasteiger partial charge is 0.495 e. The molecule has 1 saturated heterocycles. The van der Waals surface area contributed by atoms with Gasteiger partial charge in [-0.25, -0.2) is 17.9 Å². The number of methoxy groups -OCH3 is 1. The van der Waals surface area contributed by atoms with Crippen LogP contribution in [0, 0.1) is 13.8 Å². The van der Waals surface area contributed by atoms with Crippen LogP contribution >= 0.6 is 0 Å². The number of benzene rings is 2. The van der Waals surface area contributed by atoms with Gasteiger partial charge in [0.05, 0.1) is 18.7 Å². The molecule has 4 aromatic rings. The predicted octanol–water partition coefficient (Wildman–Crippen LogP) is 4.30. The van der Waals surface area contributed by atoms with E-state index in [4.69, 9.17) is 9.72 Å². The van der Waals surface area contributed by atoms with Gasteiger partial charge in [0.15, 0.2) is 11.3 Å². The fourth-order valence-corrected chi connectivity index (χ4v) is 6.64. The molecule has 2 aromatic heterocycles. The minimum atomic E-state index is -3.79. The lowest BCUT2D eigenvalue weighted by Crippen LogP contribution is -2.28. The van der Waals surface area contributed by atoms with E-state index in [1.54, 1.807) is 22.7 Å². The number of sulfonamides is 1.